The van der Waals surface area contributed by atoms with E-state index in [0.29, 0.717) is 32.0 Å². The molecule has 0 rings (SSSR count). The highest BCUT2D eigenvalue weighted by atomic mass is 16.5. The molecule has 2 N–H and O–H groups in total. The van der Waals surface area contributed by atoms with Crippen molar-refractivity contribution in [3.8, 4) is 0 Å². The fourth-order valence-electron chi connectivity index (χ4n) is 1.76. The molecule has 0 heterocycles. The van der Waals surface area contributed by atoms with Crippen LogP contribution in [-0.2, 0) is 14.3 Å². The summed E-state index contributed by atoms with van der Waals surface area (Å²) >= 11 is 0. The molecule has 0 aliphatic carbocycles. The van der Waals surface area contributed by atoms with E-state index in [2.05, 4.69) is 24.5 Å². The zero-order valence-electron chi connectivity index (χ0n) is 12.5. The Labute approximate surface area is 116 Å². The molecule has 19 heavy (non-hydrogen) atoms. The van der Waals surface area contributed by atoms with Crippen molar-refractivity contribution < 1.29 is 14.3 Å². The first-order valence-electron chi connectivity index (χ1n) is 7.20. The van der Waals surface area contributed by atoms with E-state index in [1.165, 1.54) is 0 Å². The number of methoxy groups -OCH3 is 1. The molecule has 1 atom stereocenters. The Morgan fingerprint density at radius 3 is 2.37 bits per heavy atom. The fraction of sp³-hybridized carbons (Fsp3) is 0.857. The first-order valence-corrected chi connectivity index (χ1v) is 7.20. The molecule has 0 aromatic carbocycles. The van der Waals surface area contributed by atoms with Crippen LogP contribution in [0.4, 0.5) is 0 Å². The van der Waals surface area contributed by atoms with Gasteiger partial charge in [-0.25, -0.2) is 0 Å². The summed E-state index contributed by atoms with van der Waals surface area (Å²) in [6, 6.07) is 0. The summed E-state index contributed by atoms with van der Waals surface area (Å²) in [6.07, 6.45) is 5.16. The Balaban J connectivity index is 3.78. The van der Waals surface area contributed by atoms with Crippen LogP contribution in [0.2, 0.25) is 0 Å². The van der Waals surface area contributed by atoms with Gasteiger partial charge in [-0.05, 0) is 18.8 Å². The highest BCUT2D eigenvalue weighted by molar-refractivity contribution is 6.35. The third-order valence-corrected chi connectivity index (χ3v) is 3.11. The fourth-order valence-corrected chi connectivity index (χ4v) is 1.76. The van der Waals surface area contributed by atoms with Gasteiger partial charge in [-0.2, -0.15) is 0 Å². The summed E-state index contributed by atoms with van der Waals surface area (Å²) in [5, 5.41) is 5.27. The van der Waals surface area contributed by atoms with Crippen LogP contribution in [0, 0.1) is 5.92 Å². The number of rotatable bonds is 10. The van der Waals surface area contributed by atoms with Gasteiger partial charge in [0.15, 0.2) is 0 Å². The SMILES string of the molecule is CCCC[C@H](CC)CNC(=O)C(=O)NCCCOC. The number of carbonyl (C=O) groups is 2. The maximum Gasteiger partial charge on any atom is 0.309 e. The van der Waals surface area contributed by atoms with Crippen molar-refractivity contribution >= 4 is 11.8 Å². The standard InChI is InChI=1S/C14H28N2O3/c1-4-6-8-12(5-2)11-16-14(18)13(17)15-9-7-10-19-3/h12H,4-11H2,1-3H3,(H,15,17)(H,16,18)/t12-/m0/s1. The average Bonchev–Trinajstić information content (AvgIpc) is 2.43. The normalized spacial score (nSPS) is 11.9. The number of carbonyl (C=O) groups excluding carboxylic acids is 2. The summed E-state index contributed by atoms with van der Waals surface area (Å²) in [4.78, 5) is 23.0. The minimum absolute atomic E-state index is 0.463. The van der Waals surface area contributed by atoms with E-state index in [1.807, 2.05) is 0 Å². The van der Waals surface area contributed by atoms with E-state index in [9.17, 15) is 9.59 Å². The zero-order chi connectivity index (χ0) is 14.5. The van der Waals surface area contributed by atoms with Crippen LogP contribution in [0.1, 0.15) is 46.0 Å². The number of hydrogen-bond donors (Lipinski definition) is 2. The van der Waals surface area contributed by atoms with Gasteiger partial charge >= 0.3 is 11.8 Å². The molecule has 112 valence electrons. The van der Waals surface area contributed by atoms with Crippen LogP contribution in [0.3, 0.4) is 0 Å². The first kappa shape index (κ1) is 17.9. The van der Waals surface area contributed by atoms with Crippen LogP contribution in [0.5, 0.6) is 0 Å². The molecule has 0 saturated heterocycles. The van der Waals surface area contributed by atoms with Crippen molar-refractivity contribution in [1.29, 1.82) is 0 Å². The van der Waals surface area contributed by atoms with Gasteiger partial charge in [0, 0.05) is 26.8 Å². The topological polar surface area (TPSA) is 67.4 Å². The van der Waals surface area contributed by atoms with E-state index in [1.54, 1.807) is 7.11 Å². The van der Waals surface area contributed by atoms with Crippen LogP contribution < -0.4 is 10.6 Å². The molecule has 0 aliphatic heterocycles. The number of unbranched alkanes of at least 4 members (excludes halogenated alkanes) is 1. The van der Waals surface area contributed by atoms with Gasteiger partial charge in [-0.15, -0.1) is 0 Å². The lowest BCUT2D eigenvalue weighted by atomic mass is 9.99. The van der Waals surface area contributed by atoms with E-state index >= 15 is 0 Å². The van der Waals surface area contributed by atoms with Crippen molar-refractivity contribution in [3.05, 3.63) is 0 Å². The second-order valence-electron chi connectivity index (χ2n) is 4.73. The Hall–Kier alpha value is -1.10. The molecule has 0 bridgehead atoms. The predicted octanol–water partition coefficient (Wildman–Crippen LogP) is 1.47. The van der Waals surface area contributed by atoms with Crippen LogP contribution in [0.25, 0.3) is 0 Å². The Kier molecular flexibility index (Phi) is 11.3. The third-order valence-electron chi connectivity index (χ3n) is 3.11. The Morgan fingerprint density at radius 2 is 1.79 bits per heavy atom. The largest absolute Gasteiger partial charge is 0.385 e. The number of nitrogens with one attached hydrogen (secondary N) is 2. The third kappa shape index (κ3) is 9.47. The maximum absolute atomic E-state index is 11.5. The molecule has 0 aliphatic rings. The van der Waals surface area contributed by atoms with Gasteiger partial charge in [0.05, 0.1) is 0 Å². The second-order valence-corrected chi connectivity index (χ2v) is 4.73. The summed E-state index contributed by atoms with van der Waals surface area (Å²) < 4.78 is 4.86. The minimum atomic E-state index is -0.554. The molecule has 0 unspecified atom stereocenters. The molecule has 2 amide bonds. The molecule has 0 saturated carbocycles. The van der Waals surface area contributed by atoms with Crippen molar-refractivity contribution in [1.82, 2.24) is 10.6 Å². The average molecular weight is 272 g/mol. The van der Waals surface area contributed by atoms with E-state index in [0.717, 1.165) is 25.7 Å². The van der Waals surface area contributed by atoms with Crippen molar-refractivity contribution in [3.63, 3.8) is 0 Å². The van der Waals surface area contributed by atoms with E-state index in [4.69, 9.17) is 4.74 Å². The highest BCUT2D eigenvalue weighted by Crippen LogP contribution is 2.10. The summed E-state index contributed by atoms with van der Waals surface area (Å²) in [5.74, 6) is -0.626. The van der Waals surface area contributed by atoms with Crippen LogP contribution >= 0.6 is 0 Å². The Morgan fingerprint density at radius 1 is 1.11 bits per heavy atom. The van der Waals surface area contributed by atoms with Gasteiger partial charge in [0.25, 0.3) is 0 Å². The molecule has 5 heteroatoms. The monoisotopic (exact) mass is 272 g/mol. The Bertz CT molecular complexity index is 257. The molecule has 0 radical (unpaired) electrons. The lowest BCUT2D eigenvalue weighted by molar-refractivity contribution is -0.139. The first-order chi connectivity index (χ1) is 9.15. The molecular formula is C14H28N2O3. The quantitative estimate of drug-likeness (QED) is 0.467. The summed E-state index contributed by atoms with van der Waals surface area (Å²) in [6.45, 7) is 5.89. The molecule has 5 nitrogen and oxygen atoms in total. The van der Waals surface area contributed by atoms with Crippen molar-refractivity contribution in [2.45, 2.75) is 46.0 Å². The van der Waals surface area contributed by atoms with E-state index < -0.39 is 11.8 Å². The number of amides is 2. The number of hydrogen-bond acceptors (Lipinski definition) is 3. The summed E-state index contributed by atoms with van der Waals surface area (Å²) in [5.41, 5.74) is 0. The molecule has 0 fully saturated rings. The minimum Gasteiger partial charge on any atom is -0.385 e. The molecule has 0 spiro atoms. The number of ether oxygens (including phenoxy) is 1. The molecule has 0 aromatic heterocycles. The zero-order valence-corrected chi connectivity index (χ0v) is 12.5. The van der Waals surface area contributed by atoms with Gasteiger partial charge in [-0.3, -0.25) is 9.59 Å². The van der Waals surface area contributed by atoms with Gasteiger partial charge in [0.1, 0.15) is 0 Å². The van der Waals surface area contributed by atoms with E-state index in [-0.39, 0.29) is 0 Å². The second kappa shape index (κ2) is 12.0. The maximum atomic E-state index is 11.5. The predicted molar refractivity (Wildman–Crippen MR) is 75.8 cm³/mol. The lowest BCUT2D eigenvalue weighted by Gasteiger charge is -2.15. The van der Waals surface area contributed by atoms with Gasteiger partial charge in [0.2, 0.25) is 0 Å². The lowest BCUT2D eigenvalue weighted by Crippen LogP contribution is -2.42. The van der Waals surface area contributed by atoms with Gasteiger partial charge in [-0.1, -0.05) is 33.1 Å². The molecular weight excluding hydrogens is 244 g/mol. The van der Waals surface area contributed by atoms with Crippen molar-refractivity contribution in [2.75, 3.05) is 26.8 Å². The van der Waals surface area contributed by atoms with Crippen LogP contribution in [-0.4, -0.2) is 38.6 Å². The van der Waals surface area contributed by atoms with Gasteiger partial charge < -0.3 is 15.4 Å². The highest BCUT2D eigenvalue weighted by Gasteiger charge is 2.14. The molecule has 0 aromatic rings. The smallest absolute Gasteiger partial charge is 0.309 e. The summed E-state index contributed by atoms with van der Waals surface area (Å²) in [7, 11) is 1.61. The van der Waals surface area contributed by atoms with Crippen molar-refractivity contribution in [2.24, 2.45) is 5.92 Å². The van der Waals surface area contributed by atoms with Crippen LogP contribution in [0.15, 0.2) is 0 Å².